The molecule has 6 heteroatoms. The molecule has 1 aliphatic heterocycles. The molecule has 6 nitrogen and oxygen atoms in total. The zero-order valence-corrected chi connectivity index (χ0v) is 9.12. The Morgan fingerprint density at radius 2 is 1.67 bits per heavy atom. The molecule has 1 rings (SSSR count). The van der Waals surface area contributed by atoms with Crippen molar-refractivity contribution in [3.05, 3.63) is 0 Å². The van der Waals surface area contributed by atoms with Crippen LogP contribution in [-0.4, -0.2) is 68.9 Å². The van der Waals surface area contributed by atoms with Crippen LogP contribution >= 0.6 is 0 Å². The highest BCUT2D eigenvalue weighted by atomic mass is 16.7. The van der Waals surface area contributed by atoms with Crippen LogP contribution in [0.2, 0.25) is 0 Å². The monoisotopic (exact) mass is 222 g/mol. The molecular formula is C9H18O6. The quantitative estimate of drug-likeness (QED) is 0.618. The number of hydrogen-bond acceptors (Lipinski definition) is 6. The minimum Gasteiger partial charge on any atom is -0.394 e. The van der Waals surface area contributed by atoms with Crippen molar-refractivity contribution in [2.24, 2.45) is 0 Å². The largest absolute Gasteiger partial charge is 0.394 e. The summed E-state index contributed by atoms with van der Waals surface area (Å²) in [6.45, 7) is -0.294. The molecule has 0 spiro atoms. The van der Waals surface area contributed by atoms with Crippen molar-refractivity contribution in [1.82, 2.24) is 0 Å². The molecule has 2 N–H and O–H groups in total. The summed E-state index contributed by atoms with van der Waals surface area (Å²) in [5, 5.41) is 18.8. The Morgan fingerprint density at radius 3 is 2.07 bits per heavy atom. The Bertz CT molecular complexity index is 187. The fourth-order valence-electron chi connectivity index (χ4n) is 1.75. The van der Waals surface area contributed by atoms with Gasteiger partial charge in [-0.05, 0) is 0 Å². The average Bonchev–Trinajstić information content (AvgIpc) is 2.28. The molecule has 1 aliphatic rings. The lowest BCUT2D eigenvalue weighted by atomic mass is 9.99. The van der Waals surface area contributed by atoms with E-state index in [1.807, 2.05) is 0 Å². The van der Waals surface area contributed by atoms with Crippen molar-refractivity contribution in [2.75, 3.05) is 27.9 Å². The van der Waals surface area contributed by atoms with Crippen LogP contribution in [0.4, 0.5) is 0 Å². The van der Waals surface area contributed by atoms with Gasteiger partial charge in [0.05, 0.1) is 6.61 Å². The predicted molar refractivity (Wildman–Crippen MR) is 50.4 cm³/mol. The lowest BCUT2D eigenvalue weighted by molar-refractivity contribution is -0.303. The van der Waals surface area contributed by atoms with Crippen molar-refractivity contribution >= 4 is 0 Å². The second-order valence-corrected chi connectivity index (χ2v) is 3.35. The van der Waals surface area contributed by atoms with Crippen molar-refractivity contribution in [2.45, 2.75) is 30.7 Å². The highest BCUT2D eigenvalue weighted by molar-refractivity contribution is 4.90. The highest BCUT2D eigenvalue weighted by Gasteiger charge is 2.45. The van der Waals surface area contributed by atoms with Gasteiger partial charge in [0.2, 0.25) is 0 Å². The van der Waals surface area contributed by atoms with Crippen LogP contribution in [0.15, 0.2) is 0 Å². The number of ether oxygens (including phenoxy) is 4. The van der Waals surface area contributed by atoms with Gasteiger partial charge in [-0.15, -0.1) is 0 Å². The zero-order chi connectivity index (χ0) is 11.4. The maximum absolute atomic E-state index is 9.80. The van der Waals surface area contributed by atoms with Gasteiger partial charge in [-0.1, -0.05) is 0 Å². The summed E-state index contributed by atoms with van der Waals surface area (Å²) in [5.41, 5.74) is 0. The zero-order valence-electron chi connectivity index (χ0n) is 9.12. The third kappa shape index (κ3) is 2.47. The predicted octanol–water partition coefficient (Wildman–Crippen LogP) is -1.26. The van der Waals surface area contributed by atoms with Gasteiger partial charge in [-0.25, -0.2) is 0 Å². The van der Waals surface area contributed by atoms with E-state index in [9.17, 15) is 5.11 Å². The number of aliphatic hydroxyl groups is 2. The van der Waals surface area contributed by atoms with Crippen molar-refractivity contribution in [1.29, 1.82) is 0 Å². The van der Waals surface area contributed by atoms with E-state index in [1.54, 1.807) is 0 Å². The van der Waals surface area contributed by atoms with Crippen LogP contribution in [0.3, 0.4) is 0 Å². The second kappa shape index (κ2) is 5.74. The molecule has 0 aromatic heterocycles. The SMILES string of the molecule is CO[C@H]1O[C@H](CO)[C@@H](O)[C@H](OC)[C@H]1OC. The summed E-state index contributed by atoms with van der Waals surface area (Å²) >= 11 is 0. The van der Waals surface area contributed by atoms with Crippen molar-refractivity contribution < 1.29 is 29.2 Å². The molecule has 0 unspecified atom stereocenters. The molecular weight excluding hydrogens is 204 g/mol. The summed E-state index contributed by atoms with van der Waals surface area (Å²) in [7, 11) is 4.42. The molecule has 1 heterocycles. The van der Waals surface area contributed by atoms with E-state index in [2.05, 4.69) is 0 Å². The number of hydrogen-bond donors (Lipinski definition) is 2. The molecule has 1 fully saturated rings. The fourth-order valence-corrected chi connectivity index (χ4v) is 1.75. The van der Waals surface area contributed by atoms with E-state index in [0.717, 1.165) is 0 Å². The third-order valence-electron chi connectivity index (χ3n) is 2.58. The maximum Gasteiger partial charge on any atom is 0.186 e. The topological polar surface area (TPSA) is 77.4 Å². The second-order valence-electron chi connectivity index (χ2n) is 3.35. The van der Waals surface area contributed by atoms with Crippen molar-refractivity contribution in [3.8, 4) is 0 Å². The number of methoxy groups -OCH3 is 3. The van der Waals surface area contributed by atoms with E-state index in [4.69, 9.17) is 24.1 Å². The fraction of sp³-hybridized carbons (Fsp3) is 1.00. The van der Waals surface area contributed by atoms with Gasteiger partial charge in [0.15, 0.2) is 6.29 Å². The maximum atomic E-state index is 9.80. The molecule has 0 amide bonds. The molecule has 0 aromatic carbocycles. The van der Waals surface area contributed by atoms with E-state index in [-0.39, 0.29) is 6.61 Å². The van der Waals surface area contributed by atoms with Crippen LogP contribution in [-0.2, 0) is 18.9 Å². The number of aliphatic hydroxyl groups excluding tert-OH is 2. The molecule has 15 heavy (non-hydrogen) atoms. The summed E-state index contributed by atoms with van der Waals surface area (Å²) in [4.78, 5) is 0. The molecule has 0 bridgehead atoms. The molecule has 1 saturated heterocycles. The molecule has 0 saturated carbocycles. The number of rotatable bonds is 4. The van der Waals surface area contributed by atoms with Crippen LogP contribution in [0, 0.1) is 0 Å². The molecule has 0 aromatic rings. The van der Waals surface area contributed by atoms with Crippen LogP contribution in [0.5, 0.6) is 0 Å². The highest BCUT2D eigenvalue weighted by Crippen LogP contribution is 2.25. The minimum atomic E-state index is -0.934. The van der Waals surface area contributed by atoms with E-state index < -0.39 is 30.7 Å². The Hall–Kier alpha value is -0.240. The average molecular weight is 222 g/mol. The van der Waals surface area contributed by atoms with E-state index >= 15 is 0 Å². The lowest BCUT2D eigenvalue weighted by Gasteiger charge is -2.42. The normalized spacial score (nSPS) is 41.8. The first-order valence-electron chi connectivity index (χ1n) is 4.72. The first kappa shape index (κ1) is 12.8. The van der Waals surface area contributed by atoms with Gasteiger partial charge in [0, 0.05) is 21.3 Å². The summed E-state index contributed by atoms with van der Waals surface area (Å²) in [6, 6.07) is 0. The van der Waals surface area contributed by atoms with Gasteiger partial charge in [0.25, 0.3) is 0 Å². The Kier molecular flexibility index (Phi) is 4.91. The van der Waals surface area contributed by atoms with Gasteiger partial charge < -0.3 is 29.2 Å². The van der Waals surface area contributed by atoms with Crippen molar-refractivity contribution in [3.63, 3.8) is 0 Å². The lowest BCUT2D eigenvalue weighted by Crippen LogP contribution is -2.60. The van der Waals surface area contributed by atoms with Gasteiger partial charge in [-0.2, -0.15) is 0 Å². The Morgan fingerprint density at radius 1 is 1.07 bits per heavy atom. The smallest absolute Gasteiger partial charge is 0.186 e. The first-order valence-corrected chi connectivity index (χ1v) is 4.72. The molecule has 90 valence electrons. The van der Waals surface area contributed by atoms with Crippen LogP contribution in [0.25, 0.3) is 0 Å². The van der Waals surface area contributed by atoms with E-state index in [1.165, 1.54) is 21.3 Å². The minimum absolute atomic E-state index is 0.294. The van der Waals surface area contributed by atoms with Gasteiger partial charge >= 0.3 is 0 Å². The van der Waals surface area contributed by atoms with Gasteiger partial charge in [0.1, 0.15) is 24.4 Å². The molecule has 0 radical (unpaired) electrons. The van der Waals surface area contributed by atoms with Crippen LogP contribution in [0.1, 0.15) is 0 Å². The molecule has 5 atom stereocenters. The van der Waals surface area contributed by atoms with Crippen LogP contribution < -0.4 is 0 Å². The summed E-state index contributed by atoms with van der Waals surface area (Å²) in [5.74, 6) is 0. The standard InChI is InChI=1S/C9H18O6/c1-12-7-6(11)5(4-10)15-9(14-3)8(7)13-2/h5-11H,4H2,1-3H3/t5-,6-,7+,8-,9+/m1/s1. The van der Waals surface area contributed by atoms with E-state index in [0.29, 0.717) is 0 Å². The summed E-state index contributed by atoms with van der Waals surface area (Å²) < 4.78 is 20.6. The Labute approximate surface area is 88.7 Å². The third-order valence-corrected chi connectivity index (χ3v) is 2.58. The molecule has 0 aliphatic carbocycles. The first-order chi connectivity index (χ1) is 7.19. The Balaban J connectivity index is 2.78. The van der Waals surface area contributed by atoms with Gasteiger partial charge in [-0.3, -0.25) is 0 Å². The summed E-state index contributed by atoms with van der Waals surface area (Å²) in [6.07, 6.45) is -3.40.